The Morgan fingerprint density at radius 3 is 2.72 bits per heavy atom. The second kappa shape index (κ2) is 9.64. The highest BCUT2D eigenvalue weighted by Crippen LogP contribution is 2.40. The molecule has 36 heavy (non-hydrogen) atoms. The summed E-state index contributed by atoms with van der Waals surface area (Å²) in [6.07, 6.45) is 5.22. The van der Waals surface area contributed by atoms with Gasteiger partial charge in [-0.25, -0.2) is 4.98 Å². The van der Waals surface area contributed by atoms with Gasteiger partial charge < -0.3 is 25.5 Å². The van der Waals surface area contributed by atoms with Gasteiger partial charge in [-0.2, -0.15) is 0 Å². The maximum atomic E-state index is 13.7. The number of amides is 1. The molecule has 1 aliphatic carbocycles. The van der Waals surface area contributed by atoms with E-state index in [9.17, 15) is 14.7 Å². The van der Waals surface area contributed by atoms with Crippen LogP contribution in [0.4, 0.5) is 11.4 Å². The van der Waals surface area contributed by atoms with E-state index in [1.54, 1.807) is 24.4 Å². The Bertz CT molecular complexity index is 1440. The van der Waals surface area contributed by atoms with Crippen molar-refractivity contribution in [2.24, 2.45) is 0 Å². The smallest absolute Gasteiger partial charge is 0.211 e. The van der Waals surface area contributed by atoms with E-state index in [0.29, 0.717) is 64.3 Å². The molecule has 1 amide bonds. The Morgan fingerprint density at radius 1 is 1.22 bits per heavy atom. The highest BCUT2D eigenvalue weighted by Gasteiger charge is 2.35. The molecule has 184 valence electrons. The maximum Gasteiger partial charge on any atom is 0.211 e. The lowest BCUT2D eigenvalue weighted by Crippen LogP contribution is -2.32. The number of halogens is 1. The number of aromatic nitrogens is 2. The zero-order valence-electron chi connectivity index (χ0n) is 19.5. The van der Waals surface area contributed by atoms with Crippen molar-refractivity contribution in [3.05, 3.63) is 77.1 Å². The van der Waals surface area contributed by atoms with Crippen LogP contribution < -0.4 is 15.4 Å². The van der Waals surface area contributed by atoms with Crippen LogP contribution in [-0.4, -0.2) is 38.9 Å². The molecule has 1 fully saturated rings. The first-order chi connectivity index (χ1) is 17.4. The van der Waals surface area contributed by atoms with E-state index < -0.39 is 11.6 Å². The first-order valence-electron chi connectivity index (χ1n) is 11.6. The van der Waals surface area contributed by atoms with E-state index in [0.717, 1.165) is 6.42 Å². The van der Waals surface area contributed by atoms with Crippen LogP contribution in [0, 0.1) is 0 Å². The van der Waals surface area contributed by atoms with E-state index in [4.69, 9.17) is 16.3 Å². The molecule has 2 aromatic carbocycles. The zero-order chi connectivity index (χ0) is 25.3. The molecule has 8 nitrogen and oxygen atoms in total. The fourth-order valence-electron chi connectivity index (χ4n) is 4.72. The van der Waals surface area contributed by atoms with Crippen molar-refractivity contribution in [3.63, 3.8) is 0 Å². The number of carbonyl (C=O) groups is 2. The second-order valence-electron chi connectivity index (χ2n) is 9.20. The van der Waals surface area contributed by atoms with Crippen LogP contribution in [-0.2, 0) is 4.79 Å². The van der Waals surface area contributed by atoms with Crippen molar-refractivity contribution >= 4 is 46.2 Å². The Kier molecular flexibility index (Phi) is 6.38. The van der Waals surface area contributed by atoms with Crippen LogP contribution in [0.3, 0.4) is 0 Å². The van der Waals surface area contributed by atoms with E-state index >= 15 is 0 Å². The lowest BCUT2D eigenvalue weighted by molar-refractivity contribution is -0.105. The predicted octanol–water partition coefficient (Wildman–Crippen LogP) is 5.52. The van der Waals surface area contributed by atoms with Crippen molar-refractivity contribution < 1.29 is 19.4 Å². The number of nitrogens with one attached hydrogen (secondary N) is 3. The van der Waals surface area contributed by atoms with Crippen molar-refractivity contribution in [1.82, 2.24) is 9.97 Å². The monoisotopic (exact) mass is 504 g/mol. The highest BCUT2D eigenvalue weighted by atomic mass is 35.5. The standard InChI is InChI=1S/C27H25ClN4O4/c1-27(10-9-16(34)12-27)32-24-22(31-15-33)14-30-26-23(24)20(13-29-26)25(35)19-8-7-18(11-21(19)28)36-17-5-3-2-4-6-17/h2-8,11,13-16,34H,9-10,12H2,1H3,(H,31,33)(H2,29,30,32). The third-order valence-electron chi connectivity index (χ3n) is 6.47. The summed E-state index contributed by atoms with van der Waals surface area (Å²) in [5.74, 6) is 0.866. The summed E-state index contributed by atoms with van der Waals surface area (Å²) in [5.41, 5.74) is 1.73. The Morgan fingerprint density at radius 2 is 2.03 bits per heavy atom. The summed E-state index contributed by atoms with van der Waals surface area (Å²) in [4.78, 5) is 32.4. The van der Waals surface area contributed by atoms with E-state index in [1.165, 1.54) is 6.20 Å². The zero-order valence-corrected chi connectivity index (χ0v) is 20.3. The van der Waals surface area contributed by atoms with Gasteiger partial charge in [0.15, 0.2) is 5.78 Å². The van der Waals surface area contributed by atoms with Gasteiger partial charge in [-0.1, -0.05) is 29.8 Å². The number of anilines is 2. The molecule has 0 spiro atoms. The number of hydrogen-bond acceptors (Lipinski definition) is 6. The molecule has 0 saturated heterocycles. The van der Waals surface area contributed by atoms with Gasteiger partial charge in [0.25, 0.3) is 0 Å². The molecule has 0 radical (unpaired) electrons. The molecular weight excluding hydrogens is 480 g/mol. The quantitative estimate of drug-likeness (QED) is 0.185. The molecule has 4 aromatic rings. The molecule has 9 heteroatoms. The summed E-state index contributed by atoms with van der Waals surface area (Å²) < 4.78 is 5.83. The molecule has 2 atom stereocenters. The molecule has 0 aliphatic heterocycles. The number of fused-ring (bicyclic) bond motifs is 1. The third kappa shape index (κ3) is 4.65. The highest BCUT2D eigenvalue weighted by molar-refractivity contribution is 6.36. The molecule has 1 saturated carbocycles. The first-order valence-corrected chi connectivity index (χ1v) is 12.0. The van der Waals surface area contributed by atoms with Gasteiger partial charge in [0, 0.05) is 23.4 Å². The fourth-order valence-corrected chi connectivity index (χ4v) is 4.97. The van der Waals surface area contributed by atoms with Gasteiger partial charge in [0.2, 0.25) is 6.41 Å². The van der Waals surface area contributed by atoms with Crippen molar-refractivity contribution in [2.75, 3.05) is 10.6 Å². The number of H-pyrrole nitrogens is 1. The fraction of sp³-hybridized carbons (Fsp3) is 0.222. The molecule has 4 N–H and O–H groups in total. The minimum absolute atomic E-state index is 0.248. The number of aliphatic hydroxyl groups is 1. The SMILES string of the molecule is CC1(Nc2c(NC=O)cnc3[nH]cc(C(=O)c4ccc(Oc5ccccc5)cc4Cl)c23)CCC(O)C1. The summed E-state index contributed by atoms with van der Waals surface area (Å²) >= 11 is 6.53. The number of rotatable bonds is 8. The predicted molar refractivity (Wildman–Crippen MR) is 139 cm³/mol. The van der Waals surface area contributed by atoms with Crippen LogP contribution in [0.1, 0.15) is 42.1 Å². The number of hydrogen-bond donors (Lipinski definition) is 4. The number of ether oxygens (including phenoxy) is 1. The average molecular weight is 505 g/mol. The minimum atomic E-state index is -0.418. The molecule has 5 rings (SSSR count). The molecule has 2 unspecified atom stereocenters. The molecule has 2 aromatic heterocycles. The number of ketones is 1. The number of aliphatic hydroxyl groups excluding tert-OH is 1. The second-order valence-corrected chi connectivity index (χ2v) is 9.61. The van der Waals surface area contributed by atoms with Crippen LogP contribution in [0.15, 0.2) is 60.9 Å². The van der Waals surface area contributed by atoms with Crippen molar-refractivity contribution in [3.8, 4) is 11.5 Å². The number of pyridine rings is 1. The molecule has 1 aliphatic rings. The number of para-hydroxylation sites is 1. The number of aromatic amines is 1. The summed E-state index contributed by atoms with van der Waals surface area (Å²) in [5, 5.41) is 17.1. The number of carbonyl (C=O) groups excluding carboxylic acids is 2. The van der Waals surface area contributed by atoms with Gasteiger partial charge in [-0.15, -0.1) is 0 Å². The number of nitrogens with zero attached hydrogens (tertiary/aromatic N) is 1. The lowest BCUT2D eigenvalue weighted by atomic mass is 9.97. The van der Waals surface area contributed by atoms with Gasteiger partial charge in [0.05, 0.1) is 39.6 Å². The average Bonchev–Trinajstić information content (AvgIpc) is 3.44. The first kappa shape index (κ1) is 23.8. The lowest BCUT2D eigenvalue weighted by Gasteiger charge is -2.28. The van der Waals surface area contributed by atoms with Gasteiger partial charge in [-0.05, 0) is 50.5 Å². The largest absolute Gasteiger partial charge is 0.457 e. The van der Waals surface area contributed by atoms with Crippen LogP contribution in [0.25, 0.3) is 11.0 Å². The summed E-state index contributed by atoms with van der Waals surface area (Å²) in [7, 11) is 0. The van der Waals surface area contributed by atoms with Crippen molar-refractivity contribution in [2.45, 2.75) is 37.8 Å². The van der Waals surface area contributed by atoms with E-state index in [2.05, 4.69) is 20.6 Å². The van der Waals surface area contributed by atoms with Crippen molar-refractivity contribution in [1.29, 1.82) is 0 Å². The van der Waals surface area contributed by atoms with Gasteiger partial charge in [-0.3, -0.25) is 9.59 Å². The number of benzene rings is 2. The van der Waals surface area contributed by atoms with Crippen LogP contribution in [0.5, 0.6) is 11.5 Å². The normalized spacial score (nSPS) is 19.2. The van der Waals surface area contributed by atoms with Gasteiger partial charge >= 0.3 is 0 Å². The van der Waals surface area contributed by atoms with Crippen LogP contribution in [0.2, 0.25) is 5.02 Å². The van der Waals surface area contributed by atoms with E-state index in [1.807, 2.05) is 37.3 Å². The maximum absolute atomic E-state index is 13.7. The molecule has 2 heterocycles. The Labute approximate surface area is 212 Å². The molecular formula is C27H25ClN4O4. The Balaban J connectivity index is 1.53. The Hall–Kier alpha value is -3.88. The summed E-state index contributed by atoms with van der Waals surface area (Å²) in [6, 6.07) is 14.2. The molecule has 0 bridgehead atoms. The van der Waals surface area contributed by atoms with Crippen LogP contribution >= 0.6 is 11.6 Å². The topological polar surface area (TPSA) is 116 Å². The minimum Gasteiger partial charge on any atom is -0.457 e. The van der Waals surface area contributed by atoms with E-state index in [-0.39, 0.29) is 10.8 Å². The van der Waals surface area contributed by atoms with Gasteiger partial charge in [0.1, 0.15) is 17.1 Å². The summed E-state index contributed by atoms with van der Waals surface area (Å²) in [6.45, 7) is 2.01. The third-order valence-corrected chi connectivity index (χ3v) is 6.78.